The van der Waals surface area contributed by atoms with Crippen LogP contribution < -0.4 is 4.90 Å². The van der Waals surface area contributed by atoms with Gasteiger partial charge >= 0.3 is 0 Å². The number of hydrogen-bond donors (Lipinski definition) is 0. The monoisotopic (exact) mass is 310 g/mol. The van der Waals surface area contributed by atoms with Crippen molar-refractivity contribution < 1.29 is 0 Å². The van der Waals surface area contributed by atoms with Crippen LogP contribution in [-0.4, -0.2) is 37.6 Å². The Morgan fingerprint density at radius 2 is 1.94 bits per heavy atom. The number of benzene rings is 1. The van der Waals surface area contributed by atoms with Gasteiger partial charge in [-0.15, -0.1) is 0 Å². The van der Waals surface area contributed by atoms with E-state index in [-0.39, 0.29) is 0 Å². The lowest BCUT2D eigenvalue weighted by atomic mass is 10.0. The summed E-state index contributed by atoms with van der Waals surface area (Å²) in [4.78, 5) is 5.02. The molecule has 2 rings (SSSR count). The lowest BCUT2D eigenvalue weighted by Gasteiger charge is -2.38. The van der Waals surface area contributed by atoms with E-state index in [1.165, 1.54) is 43.7 Å². The summed E-state index contributed by atoms with van der Waals surface area (Å²) in [5, 5.41) is 0.932. The maximum absolute atomic E-state index is 3.59. The lowest BCUT2D eigenvalue weighted by molar-refractivity contribution is 0.221. The highest BCUT2D eigenvalue weighted by Crippen LogP contribution is 2.26. The van der Waals surface area contributed by atoms with Gasteiger partial charge in [0.2, 0.25) is 0 Å². The number of halogens is 1. The molecule has 1 aliphatic rings. The Labute approximate surface area is 119 Å². The highest BCUT2D eigenvalue weighted by Gasteiger charge is 2.22. The van der Waals surface area contributed by atoms with Crippen LogP contribution >= 0.6 is 15.9 Å². The first-order chi connectivity index (χ1) is 8.76. The Morgan fingerprint density at radius 3 is 2.56 bits per heavy atom. The molecule has 2 nitrogen and oxygen atoms in total. The molecule has 0 unspecified atom stereocenters. The molecule has 0 radical (unpaired) electrons. The Bertz CT molecular complexity index is 373. The highest BCUT2D eigenvalue weighted by atomic mass is 79.9. The van der Waals surface area contributed by atoms with E-state index in [0.29, 0.717) is 6.04 Å². The lowest BCUT2D eigenvalue weighted by Crippen LogP contribution is -2.43. The minimum absolute atomic E-state index is 0.688. The summed E-state index contributed by atoms with van der Waals surface area (Å²) >= 11 is 3.59. The van der Waals surface area contributed by atoms with Gasteiger partial charge in [-0.25, -0.2) is 0 Å². The first-order valence-electron chi connectivity index (χ1n) is 6.85. The van der Waals surface area contributed by atoms with Gasteiger partial charge in [0.1, 0.15) is 0 Å². The Kier molecular flexibility index (Phi) is 5.07. The summed E-state index contributed by atoms with van der Waals surface area (Å²) in [6, 6.07) is 9.39. The van der Waals surface area contributed by atoms with Gasteiger partial charge in [0.25, 0.3) is 0 Å². The van der Waals surface area contributed by atoms with Gasteiger partial charge in [0.15, 0.2) is 0 Å². The standard InChI is InChI=1S/C15H23BrN2/c1-3-18-10-8-14(9-11-18)17(2)15-7-5-4-6-13(15)12-16/h4-7,14H,3,8-12H2,1-2H3. The minimum atomic E-state index is 0.688. The van der Waals surface area contributed by atoms with Crippen LogP contribution in [0.5, 0.6) is 0 Å². The second kappa shape index (κ2) is 6.58. The summed E-state index contributed by atoms with van der Waals surface area (Å²) in [6.45, 7) is 5.92. The van der Waals surface area contributed by atoms with E-state index in [4.69, 9.17) is 0 Å². The molecule has 3 heteroatoms. The number of hydrogen-bond acceptors (Lipinski definition) is 2. The number of alkyl halides is 1. The van der Waals surface area contributed by atoms with Crippen LogP contribution in [0.25, 0.3) is 0 Å². The third-order valence-corrected chi connectivity index (χ3v) is 4.67. The van der Waals surface area contributed by atoms with Crippen molar-refractivity contribution in [3.63, 3.8) is 0 Å². The van der Waals surface area contributed by atoms with Gasteiger partial charge in [0, 0.05) is 37.2 Å². The van der Waals surface area contributed by atoms with Crippen LogP contribution in [0.4, 0.5) is 5.69 Å². The normalized spacial score (nSPS) is 17.9. The molecular formula is C15H23BrN2. The largest absolute Gasteiger partial charge is 0.371 e. The molecular weight excluding hydrogens is 288 g/mol. The molecule has 1 heterocycles. The van der Waals surface area contributed by atoms with Crippen LogP contribution in [0.15, 0.2) is 24.3 Å². The van der Waals surface area contributed by atoms with Crippen molar-refractivity contribution in [3.8, 4) is 0 Å². The number of piperidine rings is 1. The predicted molar refractivity (Wildman–Crippen MR) is 82.6 cm³/mol. The molecule has 100 valence electrons. The second-order valence-corrected chi connectivity index (χ2v) is 5.60. The molecule has 0 aromatic heterocycles. The van der Waals surface area contributed by atoms with Crippen molar-refractivity contribution in [2.75, 3.05) is 31.6 Å². The molecule has 18 heavy (non-hydrogen) atoms. The highest BCUT2D eigenvalue weighted by molar-refractivity contribution is 9.08. The van der Waals surface area contributed by atoms with Crippen molar-refractivity contribution >= 4 is 21.6 Å². The Balaban J connectivity index is 2.05. The molecule has 1 aromatic carbocycles. The molecule has 0 atom stereocenters. The van der Waals surface area contributed by atoms with E-state index in [2.05, 4.69) is 64.0 Å². The molecule has 1 aromatic rings. The molecule has 1 saturated heterocycles. The topological polar surface area (TPSA) is 6.48 Å². The number of nitrogens with zero attached hydrogens (tertiary/aromatic N) is 2. The van der Waals surface area contributed by atoms with E-state index in [9.17, 15) is 0 Å². The summed E-state index contributed by atoms with van der Waals surface area (Å²) < 4.78 is 0. The summed E-state index contributed by atoms with van der Waals surface area (Å²) in [6.07, 6.45) is 2.56. The average Bonchev–Trinajstić information content (AvgIpc) is 2.46. The van der Waals surface area contributed by atoms with Crippen LogP contribution in [0.3, 0.4) is 0 Å². The number of para-hydroxylation sites is 1. The zero-order chi connectivity index (χ0) is 13.0. The van der Waals surface area contributed by atoms with E-state index >= 15 is 0 Å². The van der Waals surface area contributed by atoms with Crippen molar-refractivity contribution in [3.05, 3.63) is 29.8 Å². The van der Waals surface area contributed by atoms with Crippen molar-refractivity contribution in [1.82, 2.24) is 4.90 Å². The zero-order valence-corrected chi connectivity index (χ0v) is 13.0. The SMILES string of the molecule is CCN1CCC(N(C)c2ccccc2CBr)CC1. The van der Waals surface area contributed by atoms with Gasteiger partial charge in [-0.05, 0) is 31.0 Å². The summed E-state index contributed by atoms with van der Waals surface area (Å²) in [5.74, 6) is 0. The fraction of sp³-hybridized carbons (Fsp3) is 0.600. The fourth-order valence-electron chi connectivity index (χ4n) is 2.79. The van der Waals surface area contributed by atoms with Gasteiger partial charge in [0.05, 0.1) is 0 Å². The summed E-state index contributed by atoms with van der Waals surface area (Å²) in [5.41, 5.74) is 2.77. The third kappa shape index (κ3) is 3.07. The molecule has 1 fully saturated rings. The van der Waals surface area contributed by atoms with Crippen molar-refractivity contribution in [2.24, 2.45) is 0 Å². The first kappa shape index (κ1) is 13.9. The molecule has 0 aliphatic carbocycles. The van der Waals surface area contributed by atoms with Crippen LogP contribution in [-0.2, 0) is 5.33 Å². The van der Waals surface area contributed by atoms with Crippen molar-refractivity contribution in [1.29, 1.82) is 0 Å². The van der Waals surface area contributed by atoms with Crippen LogP contribution in [0.1, 0.15) is 25.3 Å². The van der Waals surface area contributed by atoms with Gasteiger partial charge in [-0.2, -0.15) is 0 Å². The number of likely N-dealkylation sites (tertiary alicyclic amines) is 1. The number of rotatable bonds is 4. The van der Waals surface area contributed by atoms with Gasteiger partial charge in [-0.3, -0.25) is 0 Å². The van der Waals surface area contributed by atoms with Crippen LogP contribution in [0, 0.1) is 0 Å². The molecule has 0 bridgehead atoms. The second-order valence-electron chi connectivity index (χ2n) is 5.04. The number of anilines is 1. The predicted octanol–water partition coefficient (Wildman–Crippen LogP) is 3.50. The first-order valence-corrected chi connectivity index (χ1v) is 7.97. The molecule has 0 N–H and O–H groups in total. The molecule has 1 aliphatic heterocycles. The fourth-order valence-corrected chi connectivity index (χ4v) is 3.26. The average molecular weight is 311 g/mol. The van der Waals surface area contributed by atoms with E-state index < -0.39 is 0 Å². The van der Waals surface area contributed by atoms with Crippen LogP contribution in [0.2, 0.25) is 0 Å². The maximum atomic E-state index is 3.59. The maximum Gasteiger partial charge on any atom is 0.0407 e. The minimum Gasteiger partial charge on any atom is -0.371 e. The smallest absolute Gasteiger partial charge is 0.0407 e. The van der Waals surface area contributed by atoms with Crippen molar-refractivity contribution in [2.45, 2.75) is 31.1 Å². The van der Waals surface area contributed by atoms with Gasteiger partial charge in [-0.1, -0.05) is 41.1 Å². The Morgan fingerprint density at radius 1 is 1.28 bits per heavy atom. The van der Waals surface area contributed by atoms with E-state index in [1.54, 1.807) is 0 Å². The molecule has 0 amide bonds. The summed E-state index contributed by atoms with van der Waals surface area (Å²) in [7, 11) is 2.24. The van der Waals surface area contributed by atoms with E-state index in [1.807, 2.05) is 0 Å². The quantitative estimate of drug-likeness (QED) is 0.785. The third-order valence-electron chi connectivity index (χ3n) is 4.07. The van der Waals surface area contributed by atoms with Gasteiger partial charge < -0.3 is 9.80 Å². The molecule has 0 spiro atoms. The van der Waals surface area contributed by atoms with E-state index in [0.717, 1.165) is 5.33 Å². The molecule has 0 saturated carbocycles. The Hall–Kier alpha value is -0.540. The zero-order valence-electron chi connectivity index (χ0n) is 11.4.